The first-order valence-electron chi connectivity index (χ1n) is 6.55. The van der Waals surface area contributed by atoms with E-state index in [1.807, 2.05) is 25.1 Å². The molecule has 3 nitrogen and oxygen atoms in total. The summed E-state index contributed by atoms with van der Waals surface area (Å²) in [4.78, 5) is 24.3. The van der Waals surface area contributed by atoms with Crippen molar-refractivity contribution in [3.8, 4) is 0 Å². The van der Waals surface area contributed by atoms with Crippen molar-refractivity contribution in [1.29, 1.82) is 0 Å². The fourth-order valence-corrected chi connectivity index (χ4v) is 2.30. The van der Waals surface area contributed by atoms with Crippen molar-refractivity contribution in [2.24, 2.45) is 0 Å². The second kappa shape index (κ2) is 6.68. The Hall–Kier alpha value is -1.94. The third kappa shape index (κ3) is 3.79. The van der Waals surface area contributed by atoms with Gasteiger partial charge in [-0.05, 0) is 41.9 Å². The quantitative estimate of drug-likeness (QED) is 0.615. The molecule has 0 saturated carbocycles. The topological polar surface area (TPSA) is 43.4 Å². The molecule has 0 saturated heterocycles. The Balaban J connectivity index is 2.09. The molecule has 0 fully saturated rings. The minimum absolute atomic E-state index is 0.213. The summed E-state index contributed by atoms with van der Waals surface area (Å²) in [7, 11) is 0. The number of benzene rings is 2. The highest BCUT2D eigenvalue weighted by atomic mass is 79.9. The van der Waals surface area contributed by atoms with Gasteiger partial charge in [-0.15, -0.1) is 0 Å². The number of carbonyl (C=O) groups is 2. The highest BCUT2D eigenvalue weighted by molar-refractivity contribution is 9.10. The fourth-order valence-electron chi connectivity index (χ4n) is 1.86. The number of esters is 1. The molecule has 0 aliphatic rings. The second-order valence-corrected chi connectivity index (χ2v) is 5.61. The number of aryl methyl sites for hydroxylation is 1. The maximum Gasteiger partial charge on any atom is 0.339 e. The molecule has 2 rings (SSSR count). The summed E-state index contributed by atoms with van der Waals surface area (Å²) < 4.78 is 5.89. The standard InChI is InChI=1S/C17H15BrO3/c1-11-7-9-13(10-8-11)16(19)12(2)21-17(20)14-5-3-4-6-15(14)18/h3-10,12H,1-2H3. The van der Waals surface area contributed by atoms with Gasteiger partial charge in [0, 0.05) is 10.0 Å². The molecule has 4 heteroatoms. The largest absolute Gasteiger partial charge is 0.451 e. The van der Waals surface area contributed by atoms with E-state index in [1.165, 1.54) is 0 Å². The van der Waals surface area contributed by atoms with Gasteiger partial charge in [-0.25, -0.2) is 4.79 Å². The molecule has 0 amide bonds. The van der Waals surface area contributed by atoms with Gasteiger partial charge in [-0.2, -0.15) is 0 Å². The molecule has 0 aliphatic heterocycles. The van der Waals surface area contributed by atoms with Crippen LogP contribution in [0.5, 0.6) is 0 Å². The molecular formula is C17H15BrO3. The maximum atomic E-state index is 12.2. The van der Waals surface area contributed by atoms with Crippen LogP contribution in [0.25, 0.3) is 0 Å². The summed E-state index contributed by atoms with van der Waals surface area (Å²) in [6.45, 7) is 3.53. The zero-order valence-corrected chi connectivity index (χ0v) is 13.4. The first-order chi connectivity index (χ1) is 9.99. The lowest BCUT2D eigenvalue weighted by Crippen LogP contribution is -2.24. The molecular weight excluding hydrogens is 332 g/mol. The van der Waals surface area contributed by atoms with E-state index < -0.39 is 12.1 Å². The van der Waals surface area contributed by atoms with E-state index >= 15 is 0 Å². The molecule has 2 aromatic rings. The molecule has 0 bridgehead atoms. The lowest BCUT2D eigenvalue weighted by molar-refractivity contribution is 0.0318. The van der Waals surface area contributed by atoms with E-state index in [-0.39, 0.29) is 5.78 Å². The number of ether oxygens (including phenoxy) is 1. The Morgan fingerprint density at radius 2 is 1.67 bits per heavy atom. The van der Waals surface area contributed by atoms with Gasteiger partial charge >= 0.3 is 5.97 Å². The second-order valence-electron chi connectivity index (χ2n) is 4.76. The zero-order valence-electron chi connectivity index (χ0n) is 11.8. The van der Waals surface area contributed by atoms with E-state index in [1.54, 1.807) is 37.3 Å². The highest BCUT2D eigenvalue weighted by Crippen LogP contribution is 2.18. The Labute approximate surface area is 132 Å². The first kappa shape index (κ1) is 15.4. The SMILES string of the molecule is Cc1ccc(C(=O)C(C)OC(=O)c2ccccc2Br)cc1. The minimum atomic E-state index is -0.827. The van der Waals surface area contributed by atoms with E-state index in [0.717, 1.165) is 5.56 Å². The summed E-state index contributed by atoms with van der Waals surface area (Å²) in [5.41, 5.74) is 2.01. The van der Waals surface area contributed by atoms with Crippen molar-refractivity contribution in [3.05, 3.63) is 69.7 Å². The molecule has 0 N–H and O–H groups in total. The van der Waals surface area contributed by atoms with Crippen molar-refractivity contribution >= 4 is 27.7 Å². The summed E-state index contributed by atoms with van der Waals surface area (Å²) in [5.74, 6) is -0.731. The van der Waals surface area contributed by atoms with Crippen molar-refractivity contribution in [2.45, 2.75) is 20.0 Å². The molecule has 2 aromatic carbocycles. The van der Waals surface area contributed by atoms with Crippen molar-refractivity contribution in [2.75, 3.05) is 0 Å². The Morgan fingerprint density at radius 3 is 2.29 bits per heavy atom. The number of rotatable bonds is 4. The van der Waals surface area contributed by atoms with Gasteiger partial charge in [0.15, 0.2) is 6.10 Å². The molecule has 0 aromatic heterocycles. The molecule has 0 spiro atoms. The van der Waals surface area contributed by atoms with E-state index in [9.17, 15) is 9.59 Å². The van der Waals surface area contributed by atoms with Gasteiger partial charge in [0.05, 0.1) is 5.56 Å². The number of Topliss-reactive ketones (excluding diaryl/α,β-unsaturated/α-hetero) is 1. The summed E-state index contributed by atoms with van der Waals surface area (Å²) in [5, 5.41) is 0. The fraction of sp³-hybridized carbons (Fsp3) is 0.176. The monoisotopic (exact) mass is 346 g/mol. The highest BCUT2D eigenvalue weighted by Gasteiger charge is 2.21. The maximum absolute atomic E-state index is 12.2. The first-order valence-corrected chi connectivity index (χ1v) is 7.34. The molecule has 1 atom stereocenters. The molecule has 0 heterocycles. The minimum Gasteiger partial charge on any atom is -0.451 e. The zero-order chi connectivity index (χ0) is 15.4. The average molecular weight is 347 g/mol. The van der Waals surface area contributed by atoms with Crippen LogP contribution in [0, 0.1) is 6.92 Å². The van der Waals surface area contributed by atoms with Crippen LogP contribution in [-0.4, -0.2) is 17.9 Å². The van der Waals surface area contributed by atoms with Crippen molar-refractivity contribution < 1.29 is 14.3 Å². The van der Waals surface area contributed by atoms with Crippen LogP contribution < -0.4 is 0 Å². The van der Waals surface area contributed by atoms with Crippen molar-refractivity contribution in [1.82, 2.24) is 0 Å². The van der Waals surface area contributed by atoms with Gasteiger partial charge in [0.25, 0.3) is 0 Å². The van der Waals surface area contributed by atoms with Gasteiger partial charge in [0.1, 0.15) is 0 Å². The number of carbonyl (C=O) groups excluding carboxylic acids is 2. The van der Waals surface area contributed by atoms with Crippen LogP contribution in [0.3, 0.4) is 0 Å². The lowest BCUT2D eigenvalue weighted by atomic mass is 10.1. The van der Waals surface area contributed by atoms with Crippen LogP contribution in [0.15, 0.2) is 53.0 Å². The Bertz CT molecular complexity index is 662. The average Bonchev–Trinajstić information content (AvgIpc) is 2.47. The van der Waals surface area contributed by atoms with Crippen LogP contribution in [0.4, 0.5) is 0 Å². The van der Waals surface area contributed by atoms with Gasteiger partial charge in [0.2, 0.25) is 5.78 Å². The third-order valence-corrected chi connectivity index (χ3v) is 3.77. The summed E-state index contributed by atoms with van der Waals surface area (Å²) in [6.07, 6.45) is -0.827. The van der Waals surface area contributed by atoms with E-state index in [0.29, 0.717) is 15.6 Å². The molecule has 0 aliphatic carbocycles. The van der Waals surface area contributed by atoms with Crippen LogP contribution in [0.1, 0.15) is 33.2 Å². The van der Waals surface area contributed by atoms with Crippen LogP contribution >= 0.6 is 15.9 Å². The van der Waals surface area contributed by atoms with Crippen LogP contribution in [0.2, 0.25) is 0 Å². The van der Waals surface area contributed by atoms with Gasteiger partial charge in [-0.3, -0.25) is 4.79 Å². The predicted molar refractivity (Wildman–Crippen MR) is 84.5 cm³/mol. The van der Waals surface area contributed by atoms with Crippen molar-refractivity contribution in [3.63, 3.8) is 0 Å². The Kier molecular flexibility index (Phi) is 4.91. The number of hydrogen-bond donors (Lipinski definition) is 0. The van der Waals surface area contributed by atoms with Gasteiger partial charge < -0.3 is 4.74 Å². The lowest BCUT2D eigenvalue weighted by Gasteiger charge is -2.13. The summed E-state index contributed by atoms with van der Waals surface area (Å²) in [6, 6.07) is 14.1. The van der Waals surface area contributed by atoms with E-state index in [2.05, 4.69) is 15.9 Å². The molecule has 108 valence electrons. The smallest absolute Gasteiger partial charge is 0.339 e. The normalized spacial score (nSPS) is 11.8. The predicted octanol–water partition coefficient (Wildman–Crippen LogP) is 4.19. The molecule has 21 heavy (non-hydrogen) atoms. The third-order valence-electron chi connectivity index (χ3n) is 3.08. The van der Waals surface area contributed by atoms with E-state index in [4.69, 9.17) is 4.74 Å². The number of ketones is 1. The number of hydrogen-bond acceptors (Lipinski definition) is 3. The molecule has 0 radical (unpaired) electrons. The summed E-state index contributed by atoms with van der Waals surface area (Å²) >= 11 is 3.29. The van der Waals surface area contributed by atoms with Gasteiger partial charge in [-0.1, -0.05) is 42.0 Å². The van der Waals surface area contributed by atoms with Crippen LogP contribution in [-0.2, 0) is 4.74 Å². The molecule has 1 unspecified atom stereocenters. The Morgan fingerprint density at radius 1 is 1.05 bits per heavy atom. The number of halogens is 1.